The van der Waals surface area contributed by atoms with E-state index in [-0.39, 0.29) is 17.9 Å². The average molecular weight is 287 g/mol. The van der Waals surface area contributed by atoms with Crippen molar-refractivity contribution in [2.24, 2.45) is 0 Å². The van der Waals surface area contributed by atoms with Crippen LogP contribution in [-0.2, 0) is 13.0 Å². The van der Waals surface area contributed by atoms with E-state index in [1.807, 2.05) is 6.07 Å². The van der Waals surface area contributed by atoms with Gasteiger partial charge in [0.05, 0.1) is 18.4 Å². The molecule has 1 aromatic heterocycles. The highest BCUT2D eigenvalue weighted by Gasteiger charge is 2.29. The Morgan fingerprint density at radius 3 is 3.00 bits per heavy atom. The van der Waals surface area contributed by atoms with Crippen molar-refractivity contribution in [3.05, 3.63) is 41.2 Å². The molecule has 0 bridgehead atoms. The van der Waals surface area contributed by atoms with Crippen LogP contribution in [0.25, 0.3) is 0 Å². The third-order valence-corrected chi connectivity index (χ3v) is 3.44. The van der Waals surface area contributed by atoms with Crippen LogP contribution in [0.3, 0.4) is 0 Å². The van der Waals surface area contributed by atoms with Crippen molar-refractivity contribution in [2.45, 2.75) is 19.3 Å². The Hall–Kier alpha value is -2.48. The molecule has 1 aliphatic rings. The van der Waals surface area contributed by atoms with Crippen molar-refractivity contribution in [1.82, 2.24) is 9.78 Å². The van der Waals surface area contributed by atoms with Crippen LogP contribution in [0.2, 0.25) is 6.32 Å². The SMILES string of the molecule is Nc1cnn(Cc2ccc3c(c2C(=O)O)OB(O)CC3)c1. The number of carboxylic acid groups (broad SMARTS) is 1. The third kappa shape index (κ3) is 2.57. The molecule has 0 radical (unpaired) electrons. The lowest BCUT2D eigenvalue weighted by atomic mass is 9.78. The summed E-state index contributed by atoms with van der Waals surface area (Å²) >= 11 is 0. The molecule has 2 heterocycles. The summed E-state index contributed by atoms with van der Waals surface area (Å²) in [4.78, 5) is 11.6. The molecule has 108 valence electrons. The Kier molecular flexibility index (Phi) is 3.30. The van der Waals surface area contributed by atoms with Crippen molar-refractivity contribution >= 4 is 18.8 Å². The Bertz CT molecular complexity index is 701. The maximum Gasteiger partial charge on any atom is 0.522 e. The lowest BCUT2D eigenvalue weighted by Crippen LogP contribution is -2.28. The van der Waals surface area contributed by atoms with Gasteiger partial charge in [0.25, 0.3) is 0 Å². The summed E-state index contributed by atoms with van der Waals surface area (Å²) in [6, 6.07) is 3.58. The highest BCUT2D eigenvalue weighted by atomic mass is 16.5. The summed E-state index contributed by atoms with van der Waals surface area (Å²) in [6.45, 7) is 0.269. The van der Waals surface area contributed by atoms with E-state index in [0.29, 0.717) is 24.0 Å². The molecule has 7 nitrogen and oxygen atoms in total. The number of anilines is 1. The van der Waals surface area contributed by atoms with E-state index in [0.717, 1.165) is 5.56 Å². The number of hydrogen-bond donors (Lipinski definition) is 3. The number of carbonyl (C=O) groups is 1. The molecule has 1 aromatic carbocycles. The normalized spacial score (nSPS) is 13.7. The van der Waals surface area contributed by atoms with E-state index in [1.165, 1.54) is 6.20 Å². The molecule has 4 N–H and O–H groups in total. The number of benzene rings is 1. The fourth-order valence-corrected chi connectivity index (χ4v) is 2.48. The summed E-state index contributed by atoms with van der Waals surface area (Å²) in [5.74, 6) is -0.838. The number of nitrogens with zero attached hydrogens (tertiary/aromatic N) is 2. The number of aryl methyl sites for hydroxylation is 1. The second-order valence-corrected chi connectivity index (χ2v) is 4.98. The fraction of sp³-hybridized carbons (Fsp3) is 0.231. The van der Waals surface area contributed by atoms with Crippen molar-refractivity contribution in [3.8, 4) is 5.75 Å². The van der Waals surface area contributed by atoms with Gasteiger partial charge >= 0.3 is 13.1 Å². The zero-order valence-corrected chi connectivity index (χ0v) is 11.2. The van der Waals surface area contributed by atoms with Gasteiger partial charge < -0.3 is 20.5 Å². The zero-order valence-electron chi connectivity index (χ0n) is 11.2. The third-order valence-electron chi connectivity index (χ3n) is 3.44. The van der Waals surface area contributed by atoms with Gasteiger partial charge in [-0.1, -0.05) is 12.1 Å². The van der Waals surface area contributed by atoms with Gasteiger partial charge in [-0.3, -0.25) is 4.68 Å². The number of aromatic nitrogens is 2. The van der Waals surface area contributed by atoms with Crippen LogP contribution in [0.4, 0.5) is 5.69 Å². The van der Waals surface area contributed by atoms with Crippen molar-refractivity contribution in [1.29, 1.82) is 0 Å². The Labute approximate surface area is 121 Å². The maximum atomic E-state index is 11.6. The van der Waals surface area contributed by atoms with Gasteiger partial charge in [-0.15, -0.1) is 0 Å². The standard InChI is InChI=1S/C13H14BN3O4/c15-10-5-16-17(7-10)6-9-2-1-8-3-4-14(20)21-12(8)11(9)13(18)19/h1-2,5,7,20H,3-4,6,15H2,(H,18,19). The molecule has 0 spiro atoms. The first kappa shape index (κ1) is 13.5. The van der Waals surface area contributed by atoms with Crippen molar-refractivity contribution < 1.29 is 19.6 Å². The van der Waals surface area contributed by atoms with Gasteiger partial charge in [0.2, 0.25) is 0 Å². The van der Waals surface area contributed by atoms with Gasteiger partial charge in [0.1, 0.15) is 11.3 Å². The Morgan fingerprint density at radius 2 is 2.33 bits per heavy atom. The van der Waals surface area contributed by atoms with Crippen LogP contribution in [-0.4, -0.2) is 33.0 Å². The minimum atomic E-state index is -1.09. The first-order valence-electron chi connectivity index (χ1n) is 6.55. The lowest BCUT2D eigenvalue weighted by Gasteiger charge is -2.23. The quantitative estimate of drug-likeness (QED) is 0.714. The van der Waals surface area contributed by atoms with Crippen LogP contribution in [0.15, 0.2) is 24.5 Å². The topological polar surface area (TPSA) is 111 Å². The predicted molar refractivity (Wildman–Crippen MR) is 76.3 cm³/mol. The van der Waals surface area contributed by atoms with Crippen molar-refractivity contribution in [3.63, 3.8) is 0 Å². The number of hydrogen-bond acceptors (Lipinski definition) is 5. The van der Waals surface area contributed by atoms with Crippen molar-refractivity contribution in [2.75, 3.05) is 5.73 Å². The van der Waals surface area contributed by atoms with Gasteiger partial charge in [0.15, 0.2) is 0 Å². The highest BCUT2D eigenvalue weighted by Crippen LogP contribution is 2.33. The molecule has 0 amide bonds. The molecule has 0 unspecified atom stereocenters. The smallest absolute Gasteiger partial charge is 0.522 e. The van der Waals surface area contributed by atoms with E-state index < -0.39 is 13.1 Å². The summed E-state index contributed by atoms with van der Waals surface area (Å²) in [7, 11) is -0.966. The maximum absolute atomic E-state index is 11.6. The molecule has 0 saturated carbocycles. The number of nitrogens with two attached hydrogens (primary N) is 1. The van der Waals surface area contributed by atoms with E-state index in [9.17, 15) is 14.9 Å². The Balaban J connectivity index is 2.04. The van der Waals surface area contributed by atoms with E-state index in [2.05, 4.69) is 5.10 Å². The number of fused-ring (bicyclic) bond motifs is 1. The molecule has 8 heteroatoms. The van der Waals surface area contributed by atoms with E-state index >= 15 is 0 Å². The predicted octanol–water partition coefficient (Wildman–Crippen LogP) is 0.627. The van der Waals surface area contributed by atoms with Gasteiger partial charge in [0, 0.05) is 6.20 Å². The molecule has 0 fully saturated rings. The number of nitrogen functional groups attached to an aromatic ring is 1. The van der Waals surface area contributed by atoms with Crippen LogP contribution in [0.1, 0.15) is 21.5 Å². The monoisotopic (exact) mass is 287 g/mol. The van der Waals surface area contributed by atoms with Crippen LogP contribution in [0.5, 0.6) is 5.75 Å². The van der Waals surface area contributed by atoms with Crippen LogP contribution >= 0.6 is 0 Å². The van der Waals surface area contributed by atoms with Gasteiger partial charge in [-0.2, -0.15) is 5.10 Å². The average Bonchev–Trinajstić information content (AvgIpc) is 2.83. The summed E-state index contributed by atoms with van der Waals surface area (Å²) in [5, 5.41) is 23.1. The molecule has 1 aliphatic heterocycles. The molecular formula is C13H14BN3O4. The van der Waals surface area contributed by atoms with E-state index in [1.54, 1.807) is 16.9 Å². The second kappa shape index (κ2) is 5.14. The summed E-state index contributed by atoms with van der Waals surface area (Å²) in [5.41, 5.74) is 7.53. The Morgan fingerprint density at radius 1 is 1.52 bits per heavy atom. The fourth-order valence-electron chi connectivity index (χ4n) is 2.48. The molecule has 0 aliphatic carbocycles. The molecule has 0 atom stereocenters. The summed E-state index contributed by atoms with van der Waals surface area (Å²) < 4.78 is 6.89. The molecule has 2 aromatic rings. The number of carboxylic acids is 1. The highest BCUT2D eigenvalue weighted by molar-refractivity contribution is 6.44. The van der Waals surface area contributed by atoms with Gasteiger partial charge in [-0.25, -0.2) is 4.79 Å². The molecule has 21 heavy (non-hydrogen) atoms. The number of aromatic carboxylic acids is 1. The van der Waals surface area contributed by atoms with E-state index in [4.69, 9.17) is 10.4 Å². The second-order valence-electron chi connectivity index (χ2n) is 4.98. The largest absolute Gasteiger partial charge is 0.535 e. The molecule has 3 rings (SSSR count). The minimum Gasteiger partial charge on any atom is -0.535 e. The van der Waals surface area contributed by atoms with Crippen LogP contribution < -0.4 is 10.4 Å². The minimum absolute atomic E-state index is 0.0697. The van der Waals surface area contributed by atoms with Crippen LogP contribution in [0, 0.1) is 0 Å². The number of rotatable bonds is 3. The lowest BCUT2D eigenvalue weighted by molar-refractivity contribution is 0.0693. The summed E-state index contributed by atoms with van der Waals surface area (Å²) in [6.07, 6.45) is 4.17. The first-order chi connectivity index (χ1) is 10.0. The first-order valence-corrected chi connectivity index (χ1v) is 6.55. The molecule has 0 saturated heterocycles. The zero-order chi connectivity index (χ0) is 15.0. The molecular weight excluding hydrogens is 273 g/mol. The van der Waals surface area contributed by atoms with Gasteiger partial charge in [-0.05, 0) is 23.9 Å².